The minimum absolute atomic E-state index is 0.0268. The Balaban J connectivity index is 3.13. The van der Waals surface area contributed by atoms with E-state index in [-0.39, 0.29) is 11.9 Å². The summed E-state index contributed by atoms with van der Waals surface area (Å²) in [6.45, 7) is 6.01. The molecule has 0 amide bonds. The molecule has 0 aliphatic rings. The molecule has 0 fully saturated rings. The third kappa shape index (κ3) is 3.57. The van der Waals surface area contributed by atoms with Crippen molar-refractivity contribution in [3.8, 4) is 0 Å². The summed E-state index contributed by atoms with van der Waals surface area (Å²) in [4.78, 5) is 11.6. The van der Waals surface area contributed by atoms with E-state index in [0.717, 1.165) is 12.0 Å². The standard InChI is InChI=1S/C15H23NO2/c1-5-11-8-6-7-9-12(11)13(15(2,3)16)10-14(17)18-4/h6-9,13H,5,10,16H2,1-4H3. The first-order chi connectivity index (χ1) is 8.40. The van der Waals surface area contributed by atoms with Crippen LogP contribution >= 0.6 is 0 Å². The molecule has 100 valence electrons. The van der Waals surface area contributed by atoms with Crippen molar-refractivity contribution < 1.29 is 9.53 Å². The summed E-state index contributed by atoms with van der Waals surface area (Å²) in [6.07, 6.45) is 1.25. The first-order valence-electron chi connectivity index (χ1n) is 6.33. The fourth-order valence-electron chi connectivity index (χ4n) is 2.22. The van der Waals surface area contributed by atoms with Crippen LogP contribution in [0.4, 0.5) is 0 Å². The van der Waals surface area contributed by atoms with Gasteiger partial charge in [-0.2, -0.15) is 0 Å². The van der Waals surface area contributed by atoms with E-state index in [1.807, 2.05) is 26.0 Å². The lowest BCUT2D eigenvalue weighted by molar-refractivity contribution is -0.141. The molecule has 0 bridgehead atoms. The maximum Gasteiger partial charge on any atom is 0.306 e. The Bertz CT molecular complexity index is 407. The summed E-state index contributed by atoms with van der Waals surface area (Å²) >= 11 is 0. The minimum atomic E-state index is -0.459. The molecule has 0 saturated heterocycles. The number of nitrogens with two attached hydrogens (primary N) is 1. The molecule has 0 aliphatic carbocycles. The van der Waals surface area contributed by atoms with Gasteiger partial charge in [0.1, 0.15) is 0 Å². The van der Waals surface area contributed by atoms with Crippen LogP contribution < -0.4 is 5.73 Å². The van der Waals surface area contributed by atoms with E-state index in [9.17, 15) is 4.79 Å². The van der Waals surface area contributed by atoms with Crippen molar-refractivity contribution in [3.05, 3.63) is 35.4 Å². The van der Waals surface area contributed by atoms with Crippen molar-refractivity contribution in [1.29, 1.82) is 0 Å². The zero-order valence-electron chi connectivity index (χ0n) is 11.7. The maximum atomic E-state index is 11.6. The van der Waals surface area contributed by atoms with Crippen molar-refractivity contribution >= 4 is 5.97 Å². The lowest BCUT2D eigenvalue weighted by Crippen LogP contribution is -2.40. The molecule has 0 radical (unpaired) electrons. The molecule has 2 N–H and O–H groups in total. The number of benzene rings is 1. The highest BCUT2D eigenvalue weighted by atomic mass is 16.5. The number of carbonyl (C=O) groups is 1. The molecular weight excluding hydrogens is 226 g/mol. The van der Waals surface area contributed by atoms with Gasteiger partial charge in [0, 0.05) is 11.5 Å². The average Bonchev–Trinajstić information content (AvgIpc) is 2.34. The Kier molecular flexibility index (Phi) is 4.91. The molecule has 18 heavy (non-hydrogen) atoms. The number of carbonyl (C=O) groups excluding carboxylic acids is 1. The van der Waals surface area contributed by atoms with E-state index in [1.54, 1.807) is 0 Å². The van der Waals surface area contributed by atoms with Crippen LogP contribution in [0.3, 0.4) is 0 Å². The third-order valence-corrected chi connectivity index (χ3v) is 3.31. The fourth-order valence-corrected chi connectivity index (χ4v) is 2.22. The van der Waals surface area contributed by atoms with Gasteiger partial charge in [-0.3, -0.25) is 4.79 Å². The smallest absolute Gasteiger partial charge is 0.306 e. The highest BCUT2D eigenvalue weighted by Gasteiger charge is 2.30. The Hall–Kier alpha value is -1.35. The zero-order chi connectivity index (χ0) is 13.8. The van der Waals surface area contributed by atoms with E-state index >= 15 is 0 Å². The van der Waals surface area contributed by atoms with Gasteiger partial charge in [0.15, 0.2) is 0 Å². The first-order valence-corrected chi connectivity index (χ1v) is 6.33. The van der Waals surface area contributed by atoms with Gasteiger partial charge in [0.05, 0.1) is 13.5 Å². The van der Waals surface area contributed by atoms with E-state index in [4.69, 9.17) is 10.5 Å². The summed E-state index contributed by atoms with van der Waals surface area (Å²) < 4.78 is 4.78. The Morgan fingerprint density at radius 2 is 2.00 bits per heavy atom. The number of hydrogen-bond donors (Lipinski definition) is 1. The molecule has 1 unspecified atom stereocenters. The van der Waals surface area contributed by atoms with Gasteiger partial charge in [-0.15, -0.1) is 0 Å². The minimum Gasteiger partial charge on any atom is -0.469 e. The van der Waals surface area contributed by atoms with Crippen molar-refractivity contribution in [3.63, 3.8) is 0 Å². The third-order valence-electron chi connectivity index (χ3n) is 3.31. The molecular formula is C15H23NO2. The Labute approximate surface area is 109 Å². The number of aryl methyl sites for hydroxylation is 1. The molecule has 1 aromatic carbocycles. The zero-order valence-corrected chi connectivity index (χ0v) is 11.7. The second-order valence-electron chi connectivity index (χ2n) is 5.21. The predicted octanol–water partition coefficient (Wildman–Crippen LogP) is 2.63. The summed E-state index contributed by atoms with van der Waals surface area (Å²) in [5, 5.41) is 0. The van der Waals surface area contributed by atoms with E-state index in [0.29, 0.717) is 6.42 Å². The largest absolute Gasteiger partial charge is 0.469 e. The summed E-state index contributed by atoms with van der Waals surface area (Å²) in [5.74, 6) is -0.245. The van der Waals surface area contributed by atoms with Crippen LogP contribution in [0.1, 0.15) is 44.2 Å². The van der Waals surface area contributed by atoms with Gasteiger partial charge in [-0.05, 0) is 31.4 Å². The monoisotopic (exact) mass is 249 g/mol. The second-order valence-corrected chi connectivity index (χ2v) is 5.21. The number of methoxy groups -OCH3 is 1. The van der Waals surface area contributed by atoms with Gasteiger partial charge in [-0.25, -0.2) is 0 Å². The molecule has 1 atom stereocenters. The molecule has 1 rings (SSSR count). The van der Waals surface area contributed by atoms with Crippen LogP contribution in [0.15, 0.2) is 24.3 Å². The number of hydrogen-bond acceptors (Lipinski definition) is 3. The second kappa shape index (κ2) is 6.01. The van der Waals surface area contributed by atoms with E-state index in [1.165, 1.54) is 12.7 Å². The maximum absolute atomic E-state index is 11.6. The molecule has 0 saturated carbocycles. The van der Waals surface area contributed by atoms with Gasteiger partial charge in [-0.1, -0.05) is 31.2 Å². The molecule has 0 spiro atoms. The van der Waals surface area contributed by atoms with Gasteiger partial charge in [0.25, 0.3) is 0 Å². The Morgan fingerprint density at radius 3 is 2.50 bits per heavy atom. The number of esters is 1. The van der Waals surface area contributed by atoms with Crippen LogP contribution in [0.2, 0.25) is 0 Å². The van der Waals surface area contributed by atoms with E-state index < -0.39 is 5.54 Å². The fraction of sp³-hybridized carbons (Fsp3) is 0.533. The van der Waals surface area contributed by atoms with Gasteiger partial charge >= 0.3 is 5.97 Å². The van der Waals surface area contributed by atoms with E-state index in [2.05, 4.69) is 19.1 Å². The van der Waals surface area contributed by atoms with Crippen molar-refractivity contribution in [2.24, 2.45) is 5.73 Å². The highest BCUT2D eigenvalue weighted by Crippen LogP contribution is 2.32. The summed E-state index contributed by atoms with van der Waals surface area (Å²) in [5.41, 5.74) is 8.16. The highest BCUT2D eigenvalue weighted by molar-refractivity contribution is 5.70. The van der Waals surface area contributed by atoms with Gasteiger partial charge in [0.2, 0.25) is 0 Å². The quantitative estimate of drug-likeness (QED) is 0.816. The topological polar surface area (TPSA) is 52.3 Å². The normalized spacial score (nSPS) is 13.2. The lowest BCUT2D eigenvalue weighted by Gasteiger charge is -2.31. The van der Waals surface area contributed by atoms with Crippen LogP contribution in [0.5, 0.6) is 0 Å². The Morgan fingerprint density at radius 1 is 1.39 bits per heavy atom. The first kappa shape index (κ1) is 14.7. The van der Waals surface area contributed by atoms with Crippen molar-refractivity contribution in [1.82, 2.24) is 0 Å². The summed E-state index contributed by atoms with van der Waals surface area (Å²) in [7, 11) is 1.41. The number of rotatable bonds is 5. The lowest BCUT2D eigenvalue weighted by atomic mass is 9.78. The molecule has 0 aromatic heterocycles. The summed E-state index contributed by atoms with van der Waals surface area (Å²) in [6, 6.07) is 8.15. The molecule has 0 aliphatic heterocycles. The van der Waals surface area contributed by atoms with Gasteiger partial charge < -0.3 is 10.5 Å². The van der Waals surface area contributed by atoms with Crippen LogP contribution in [-0.4, -0.2) is 18.6 Å². The average molecular weight is 249 g/mol. The predicted molar refractivity (Wildman–Crippen MR) is 73.5 cm³/mol. The van der Waals surface area contributed by atoms with Crippen molar-refractivity contribution in [2.75, 3.05) is 7.11 Å². The molecule has 3 nitrogen and oxygen atoms in total. The molecule has 0 heterocycles. The SMILES string of the molecule is CCc1ccccc1C(CC(=O)OC)C(C)(C)N. The molecule has 1 aromatic rings. The molecule has 3 heteroatoms. The van der Waals surface area contributed by atoms with Crippen LogP contribution in [-0.2, 0) is 16.0 Å². The van der Waals surface area contributed by atoms with Crippen molar-refractivity contribution in [2.45, 2.75) is 45.1 Å². The number of ether oxygens (including phenoxy) is 1. The van der Waals surface area contributed by atoms with Crippen LogP contribution in [0, 0.1) is 0 Å². The van der Waals surface area contributed by atoms with Crippen LogP contribution in [0.25, 0.3) is 0 Å².